The molecule has 16 heteroatoms. The number of carbonyl (C=O) groups is 4. The summed E-state index contributed by atoms with van der Waals surface area (Å²) in [6.07, 6.45) is 3.12. The largest absolute Gasteiger partial charge is 0.476 e. The molecule has 0 radical (unpaired) electrons. The number of rotatable bonds is 5. The fourth-order valence-electron chi connectivity index (χ4n) is 6.04. The van der Waals surface area contributed by atoms with Crippen molar-refractivity contribution in [1.29, 1.82) is 0 Å². The second-order valence-electron chi connectivity index (χ2n) is 9.80. The molecule has 4 saturated heterocycles. The zero-order valence-electron chi connectivity index (χ0n) is 20.3. The Morgan fingerprint density at radius 3 is 2.46 bits per heavy atom. The third kappa shape index (κ3) is 3.88. The van der Waals surface area contributed by atoms with Gasteiger partial charge in [0.2, 0.25) is 11.7 Å². The molecule has 6 rings (SSSR count). The molecule has 0 saturated carbocycles. The summed E-state index contributed by atoms with van der Waals surface area (Å²) in [7, 11) is 1.28. The van der Waals surface area contributed by atoms with Crippen molar-refractivity contribution in [1.82, 2.24) is 15.1 Å². The van der Waals surface area contributed by atoms with Crippen molar-refractivity contribution in [3.8, 4) is 0 Å². The number of aliphatic carboxylic acids is 1. The summed E-state index contributed by atoms with van der Waals surface area (Å²) in [5.74, 6) is -2.86. The van der Waals surface area contributed by atoms with Gasteiger partial charge in [0.05, 0.1) is 30.3 Å². The molecule has 0 aromatic carbocycles. The van der Waals surface area contributed by atoms with Gasteiger partial charge in [-0.2, -0.15) is 0 Å². The number of quaternary nitrogens is 1. The number of amides is 3. The van der Waals surface area contributed by atoms with Gasteiger partial charge in [-0.1, -0.05) is 5.16 Å². The van der Waals surface area contributed by atoms with Gasteiger partial charge in [-0.05, 0) is 6.92 Å². The van der Waals surface area contributed by atoms with Crippen LogP contribution in [0.3, 0.4) is 0 Å². The molecular weight excluding hydrogens is 524 g/mol. The van der Waals surface area contributed by atoms with Crippen LogP contribution in [0.25, 0.3) is 0 Å². The van der Waals surface area contributed by atoms with Crippen LogP contribution in [0.15, 0.2) is 20.9 Å². The number of fused-ring (bicyclic) bond motifs is 4. The first kappa shape index (κ1) is 25.8. The molecule has 6 aliphatic rings. The molecule has 4 atom stereocenters. The van der Waals surface area contributed by atoms with Crippen LogP contribution >= 0.6 is 23.7 Å². The Morgan fingerprint density at radius 1 is 1.30 bits per heavy atom. The van der Waals surface area contributed by atoms with Gasteiger partial charge in [0.1, 0.15) is 24.9 Å². The van der Waals surface area contributed by atoms with Crippen LogP contribution < -0.4 is 16.8 Å². The highest BCUT2D eigenvalue weighted by molar-refractivity contribution is 8.00. The van der Waals surface area contributed by atoms with Crippen molar-refractivity contribution in [3.05, 3.63) is 11.4 Å². The number of amidine groups is 1. The lowest BCUT2D eigenvalue weighted by Gasteiger charge is -2.58. The predicted octanol–water partition coefficient (Wildman–Crippen LogP) is -1.25. The van der Waals surface area contributed by atoms with Crippen molar-refractivity contribution in [2.45, 2.75) is 48.3 Å². The second-order valence-corrected chi connectivity index (χ2v) is 12.2. The van der Waals surface area contributed by atoms with E-state index in [1.54, 1.807) is 0 Å². The fraction of sp³-hybridized carbons (Fsp3) is 0.619. The van der Waals surface area contributed by atoms with Crippen molar-refractivity contribution in [2.75, 3.05) is 26.7 Å². The monoisotopic (exact) mass is 553 g/mol. The summed E-state index contributed by atoms with van der Waals surface area (Å²) in [5.41, 5.74) is 11.1. The average Bonchev–Trinajstić information content (AvgIpc) is 3.31. The number of hydrogen-bond acceptors (Lipinski definition) is 10. The predicted molar refractivity (Wildman–Crippen MR) is 135 cm³/mol. The summed E-state index contributed by atoms with van der Waals surface area (Å²) in [5, 5.41) is 15.8. The molecule has 6 heterocycles. The minimum absolute atomic E-state index is 0.0314. The molecule has 2 unspecified atom stereocenters. The Morgan fingerprint density at radius 2 is 1.95 bits per heavy atom. The number of nitrogens with one attached hydrogen (secondary N) is 1. The highest BCUT2D eigenvalue weighted by Gasteiger charge is 2.62. The lowest BCUT2D eigenvalue weighted by Crippen LogP contribution is -2.74. The van der Waals surface area contributed by atoms with E-state index >= 15 is 0 Å². The number of carboxylic acid groups (broad SMARTS) is 1. The lowest BCUT2D eigenvalue weighted by molar-refractivity contribution is -0.911. The number of nitrogens with zero attached hydrogens (tertiary/aromatic N) is 5. The summed E-state index contributed by atoms with van der Waals surface area (Å²) >= 11 is 2.47. The number of hydrogen-bond donors (Lipinski definition) is 4. The van der Waals surface area contributed by atoms with Gasteiger partial charge in [0.15, 0.2) is 16.9 Å². The average molecular weight is 554 g/mol. The minimum Gasteiger partial charge on any atom is -0.476 e. The van der Waals surface area contributed by atoms with Gasteiger partial charge in [-0.25, -0.2) is 9.19 Å². The van der Waals surface area contributed by atoms with Crippen LogP contribution in [-0.4, -0.2) is 104 Å². The first-order valence-corrected chi connectivity index (χ1v) is 13.6. The number of nitrogens with two attached hydrogens (primary N) is 2. The Bertz CT molecular complexity index is 1130. The highest BCUT2D eigenvalue weighted by Crippen LogP contribution is 2.52. The van der Waals surface area contributed by atoms with Gasteiger partial charge in [0.25, 0.3) is 11.8 Å². The van der Waals surface area contributed by atoms with Gasteiger partial charge in [-0.15, -0.1) is 11.8 Å². The number of carbonyl (C=O) groups excluding carboxylic acids is 3. The third-order valence-electron chi connectivity index (χ3n) is 8.07. The molecular formula is C21H29N8O6S2+. The van der Waals surface area contributed by atoms with Gasteiger partial charge in [0, 0.05) is 31.2 Å². The lowest BCUT2D eigenvalue weighted by atomic mass is 9.69. The maximum atomic E-state index is 13.3. The number of carboxylic acids is 1. The molecule has 14 nitrogen and oxygen atoms in total. The van der Waals surface area contributed by atoms with E-state index < -0.39 is 40.1 Å². The molecule has 0 aromatic heterocycles. The topological polar surface area (TPSA) is 193 Å². The van der Waals surface area contributed by atoms with Crippen LogP contribution in [0.2, 0.25) is 0 Å². The van der Waals surface area contributed by atoms with E-state index in [1.165, 1.54) is 35.0 Å². The van der Waals surface area contributed by atoms with Crippen LogP contribution in [0.5, 0.6) is 0 Å². The zero-order chi connectivity index (χ0) is 26.7. The molecule has 0 aromatic rings. The summed E-state index contributed by atoms with van der Waals surface area (Å²) in [6, 6.07) is -0.952. The molecule has 6 N–H and O–H groups in total. The summed E-state index contributed by atoms with van der Waals surface area (Å²) in [6.45, 7) is 3.71. The van der Waals surface area contributed by atoms with Crippen molar-refractivity contribution in [3.63, 3.8) is 0 Å². The van der Waals surface area contributed by atoms with E-state index in [-0.39, 0.29) is 22.7 Å². The Kier molecular flexibility index (Phi) is 6.40. The Labute approximate surface area is 221 Å². The number of oxime groups is 1. The Balaban J connectivity index is 1.40. The number of piperidine rings is 3. The minimum atomic E-state index is -1.19. The first-order valence-electron chi connectivity index (χ1n) is 11.8. The zero-order valence-corrected chi connectivity index (χ0v) is 22.0. The quantitative estimate of drug-likeness (QED) is 0.0798. The summed E-state index contributed by atoms with van der Waals surface area (Å²) in [4.78, 5) is 58.4. The molecule has 6 aliphatic heterocycles. The van der Waals surface area contributed by atoms with Gasteiger partial charge >= 0.3 is 5.97 Å². The van der Waals surface area contributed by atoms with Crippen LogP contribution in [0.4, 0.5) is 0 Å². The molecule has 37 heavy (non-hydrogen) atoms. The van der Waals surface area contributed by atoms with E-state index in [1.807, 2.05) is 6.92 Å². The molecule has 0 aliphatic carbocycles. The normalized spacial score (nSPS) is 36.8. The van der Waals surface area contributed by atoms with E-state index in [0.29, 0.717) is 49.1 Å². The molecule has 3 amide bonds. The van der Waals surface area contributed by atoms with Gasteiger partial charge < -0.3 is 26.7 Å². The number of primary amides is 1. The van der Waals surface area contributed by atoms with Crippen molar-refractivity contribution < 1.29 is 33.6 Å². The Hall–Kier alpha value is -2.82. The molecule has 4 fully saturated rings. The highest BCUT2D eigenvalue weighted by atomic mass is 32.2. The standard InChI is InChI=1S/C21H28N8O6S2/c1-10-13(29-6-3-21(4-7-29,5-8-29)19(22)34)12(18(32)33)28-16(31)11(17(28)36-10)25-15(30)14(26-35-2)27-9-24-37-20(27)23/h9-11,17,20H,3-8,23H2,1-2H3,(H3-,22,25,30,32,33,34)/p+1/t10?,11-,17-,20?,21?,29?/m1/s1. The summed E-state index contributed by atoms with van der Waals surface area (Å²) < 4.78 is 4.38. The number of thioether (sulfide) groups is 1. The van der Waals surface area contributed by atoms with Crippen LogP contribution in [0.1, 0.15) is 26.2 Å². The van der Waals surface area contributed by atoms with E-state index in [2.05, 4.69) is 14.9 Å². The molecule has 0 spiro atoms. The van der Waals surface area contributed by atoms with Crippen LogP contribution in [-0.2, 0) is 24.0 Å². The fourth-order valence-corrected chi connectivity index (χ4v) is 8.13. The second kappa shape index (κ2) is 9.18. The van der Waals surface area contributed by atoms with E-state index in [0.717, 1.165) is 11.9 Å². The molecule has 200 valence electrons. The van der Waals surface area contributed by atoms with Gasteiger partial charge in [-0.3, -0.25) is 28.7 Å². The third-order valence-corrected chi connectivity index (χ3v) is 10.1. The number of β-lactam (4-membered cyclic amide) rings is 1. The molecule has 2 bridgehead atoms. The van der Waals surface area contributed by atoms with E-state index in [9.17, 15) is 24.3 Å². The van der Waals surface area contributed by atoms with E-state index in [4.69, 9.17) is 16.3 Å². The first-order chi connectivity index (χ1) is 17.5. The SMILES string of the molecule is CON=C(C(=O)N[C@@H]1C(=O)N2C(C(=O)O)=C([N+]34CCC(C(N)=O)(CC3)CC4)C(C)S[C@H]12)N1C=NSC1N. The maximum Gasteiger partial charge on any atom is 0.358 e. The smallest absolute Gasteiger partial charge is 0.358 e. The van der Waals surface area contributed by atoms with Crippen molar-refractivity contribution in [2.24, 2.45) is 26.4 Å². The van der Waals surface area contributed by atoms with Crippen LogP contribution in [0, 0.1) is 5.41 Å². The maximum absolute atomic E-state index is 13.3. The van der Waals surface area contributed by atoms with Crippen molar-refractivity contribution >= 4 is 59.6 Å².